The van der Waals surface area contributed by atoms with E-state index < -0.39 is 12.1 Å². The Bertz CT molecular complexity index is 493. The molecule has 0 aliphatic carbocycles. The Labute approximate surface area is 116 Å². The van der Waals surface area contributed by atoms with Crippen LogP contribution in [0.15, 0.2) is 11.0 Å². The Balaban J connectivity index is 3.10. The van der Waals surface area contributed by atoms with Crippen LogP contribution in [0.3, 0.4) is 0 Å². The highest BCUT2D eigenvalue weighted by atomic mass is 32.1. The Morgan fingerprint density at radius 1 is 1.11 bits per heavy atom. The maximum Gasteiger partial charge on any atom is 0.320 e. The normalized spacial score (nSPS) is 9.47. The predicted molar refractivity (Wildman–Crippen MR) is 77.2 cm³/mol. The standard InChI is InChI=1S/C10H16N6O2S/c1-11-5-4-6(15-9(17)12-2)14-8(7(5)19)16-10(18)13-3/h4,19H,1-3H3,(H5,11,12,13,14,15,16,17,18). The van der Waals surface area contributed by atoms with Crippen LogP contribution in [-0.2, 0) is 0 Å². The van der Waals surface area contributed by atoms with Crippen molar-refractivity contribution in [3.8, 4) is 0 Å². The third-order valence-electron chi connectivity index (χ3n) is 2.19. The summed E-state index contributed by atoms with van der Waals surface area (Å²) in [6.07, 6.45) is 0. The van der Waals surface area contributed by atoms with Gasteiger partial charge >= 0.3 is 12.1 Å². The molecule has 0 saturated carbocycles. The number of carbonyl (C=O) groups excluding carboxylic acids is 2. The highest BCUT2D eigenvalue weighted by Gasteiger charge is 2.12. The average molecular weight is 284 g/mol. The van der Waals surface area contributed by atoms with E-state index in [1.165, 1.54) is 14.1 Å². The number of nitrogens with one attached hydrogen (secondary N) is 5. The van der Waals surface area contributed by atoms with Crippen molar-refractivity contribution in [1.82, 2.24) is 15.6 Å². The summed E-state index contributed by atoms with van der Waals surface area (Å²) in [5, 5.41) is 12.7. The summed E-state index contributed by atoms with van der Waals surface area (Å²) in [7, 11) is 4.67. The molecule has 8 nitrogen and oxygen atoms in total. The zero-order valence-electron chi connectivity index (χ0n) is 10.8. The van der Waals surface area contributed by atoms with Crippen molar-refractivity contribution >= 4 is 42.0 Å². The Kier molecular flexibility index (Phi) is 5.24. The molecule has 0 saturated heterocycles. The molecule has 1 heterocycles. The number of carbonyl (C=O) groups is 2. The minimum absolute atomic E-state index is 0.237. The van der Waals surface area contributed by atoms with Gasteiger partial charge in [-0.1, -0.05) is 0 Å². The Morgan fingerprint density at radius 2 is 1.68 bits per heavy atom. The molecule has 0 spiro atoms. The summed E-state index contributed by atoms with van der Waals surface area (Å²) in [6.45, 7) is 0. The molecule has 0 aromatic carbocycles. The lowest BCUT2D eigenvalue weighted by molar-refractivity contribution is 0.253. The van der Waals surface area contributed by atoms with Crippen molar-refractivity contribution in [3.05, 3.63) is 6.07 Å². The smallest absolute Gasteiger partial charge is 0.320 e. The summed E-state index contributed by atoms with van der Waals surface area (Å²) in [5.41, 5.74) is 0.621. The second kappa shape index (κ2) is 6.69. The topological polar surface area (TPSA) is 107 Å². The van der Waals surface area contributed by atoms with Crippen molar-refractivity contribution in [2.24, 2.45) is 0 Å². The molecule has 0 fully saturated rings. The molecular formula is C10H16N6O2S. The fourth-order valence-corrected chi connectivity index (χ4v) is 1.51. The molecule has 5 N–H and O–H groups in total. The van der Waals surface area contributed by atoms with Gasteiger partial charge in [-0.05, 0) is 0 Å². The summed E-state index contributed by atoms with van der Waals surface area (Å²) in [5.74, 6) is 0.522. The van der Waals surface area contributed by atoms with Crippen molar-refractivity contribution < 1.29 is 9.59 Å². The molecule has 0 aliphatic rings. The van der Waals surface area contributed by atoms with Crippen molar-refractivity contribution in [2.75, 3.05) is 37.1 Å². The van der Waals surface area contributed by atoms with Crippen LogP contribution in [0.5, 0.6) is 0 Å². The summed E-state index contributed by atoms with van der Waals surface area (Å²) in [4.78, 5) is 27.1. The minimum Gasteiger partial charge on any atom is -0.387 e. The van der Waals surface area contributed by atoms with E-state index in [4.69, 9.17) is 0 Å². The molecule has 9 heteroatoms. The molecule has 19 heavy (non-hydrogen) atoms. The number of rotatable bonds is 3. The number of anilines is 3. The molecule has 104 valence electrons. The highest BCUT2D eigenvalue weighted by molar-refractivity contribution is 7.80. The van der Waals surface area contributed by atoms with Gasteiger partial charge in [0.05, 0.1) is 10.6 Å². The SMILES string of the molecule is CNC(=O)Nc1cc(NC)c(S)c(NC(=O)NC)n1. The third kappa shape index (κ3) is 3.91. The minimum atomic E-state index is -0.429. The number of aromatic nitrogens is 1. The number of amides is 4. The third-order valence-corrected chi connectivity index (χ3v) is 2.64. The molecule has 1 aromatic rings. The summed E-state index contributed by atoms with van der Waals surface area (Å²) >= 11 is 4.27. The quantitative estimate of drug-likeness (QED) is 0.464. The lowest BCUT2D eigenvalue weighted by Crippen LogP contribution is -2.27. The number of urea groups is 2. The summed E-state index contributed by atoms with van der Waals surface area (Å²) in [6, 6.07) is 0.765. The number of hydrogen-bond acceptors (Lipinski definition) is 5. The maximum absolute atomic E-state index is 11.3. The van der Waals surface area contributed by atoms with Crippen molar-refractivity contribution in [1.29, 1.82) is 0 Å². The van der Waals surface area contributed by atoms with E-state index in [1.54, 1.807) is 13.1 Å². The second-order valence-electron chi connectivity index (χ2n) is 3.41. The fraction of sp³-hybridized carbons (Fsp3) is 0.300. The molecular weight excluding hydrogens is 268 g/mol. The van der Waals surface area contributed by atoms with Crippen LogP contribution in [0.25, 0.3) is 0 Å². The molecule has 0 unspecified atom stereocenters. The van der Waals surface area contributed by atoms with Crippen molar-refractivity contribution in [3.63, 3.8) is 0 Å². The number of hydrogen-bond donors (Lipinski definition) is 6. The van der Waals surface area contributed by atoms with E-state index in [2.05, 4.69) is 44.2 Å². The van der Waals surface area contributed by atoms with E-state index in [1.807, 2.05) is 0 Å². The van der Waals surface area contributed by atoms with Gasteiger partial charge in [0, 0.05) is 27.2 Å². The fourth-order valence-electron chi connectivity index (χ4n) is 1.23. The first-order valence-electron chi connectivity index (χ1n) is 5.41. The van der Waals surface area contributed by atoms with Gasteiger partial charge in [-0.3, -0.25) is 10.6 Å². The lowest BCUT2D eigenvalue weighted by atomic mass is 10.3. The van der Waals surface area contributed by atoms with Crippen LogP contribution in [0.2, 0.25) is 0 Å². The van der Waals surface area contributed by atoms with Crippen LogP contribution in [0.1, 0.15) is 0 Å². The van der Waals surface area contributed by atoms with Gasteiger partial charge in [-0.2, -0.15) is 0 Å². The van der Waals surface area contributed by atoms with E-state index in [0.29, 0.717) is 10.6 Å². The monoisotopic (exact) mass is 284 g/mol. The average Bonchev–Trinajstić information content (AvgIpc) is 2.41. The van der Waals surface area contributed by atoms with E-state index >= 15 is 0 Å². The number of pyridine rings is 1. The molecule has 1 rings (SSSR count). The Hall–Kier alpha value is -2.16. The van der Waals surface area contributed by atoms with Gasteiger partial charge in [-0.25, -0.2) is 14.6 Å². The first-order chi connectivity index (χ1) is 9.01. The van der Waals surface area contributed by atoms with E-state index in [-0.39, 0.29) is 11.6 Å². The predicted octanol–water partition coefficient (Wildman–Crippen LogP) is 0.915. The molecule has 0 bridgehead atoms. The van der Waals surface area contributed by atoms with Crippen LogP contribution in [0.4, 0.5) is 26.9 Å². The lowest BCUT2D eigenvalue weighted by Gasteiger charge is -2.13. The van der Waals surface area contributed by atoms with Crippen molar-refractivity contribution in [2.45, 2.75) is 4.90 Å². The second-order valence-corrected chi connectivity index (χ2v) is 3.86. The van der Waals surface area contributed by atoms with E-state index in [0.717, 1.165) is 0 Å². The van der Waals surface area contributed by atoms with Gasteiger partial charge in [-0.15, -0.1) is 12.6 Å². The van der Waals surface area contributed by atoms with Gasteiger partial charge < -0.3 is 16.0 Å². The molecule has 0 aliphatic heterocycles. The number of thiol groups is 1. The number of nitrogens with zero attached hydrogens (tertiary/aromatic N) is 1. The molecule has 4 amide bonds. The van der Waals surface area contributed by atoms with Gasteiger partial charge in [0.15, 0.2) is 5.82 Å². The highest BCUT2D eigenvalue weighted by Crippen LogP contribution is 2.29. The Morgan fingerprint density at radius 3 is 2.21 bits per heavy atom. The molecule has 0 radical (unpaired) electrons. The van der Waals surface area contributed by atoms with Gasteiger partial charge in [0.25, 0.3) is 0 Å². The van der Waals surface area contributed by atoms with Crippen LogP contribution in [-0.4, -0.2) is 38.2 Å². The molecule has 1 aromatic heterocycles. The van der Waals surface area contributed by atoms with E-state index in [9.17, 15) is 9.59 Å². The first kappa shape index (κ1) is 14.9. The van der Waals surface area contributed by atoms with Crippen LogP contribution in [0, 0.1) is 0 Å². The van der Waals surface area contributed by atoms with Crippen LogP contribution >= 0.6 is 12.6 Å². The largest absolute Gasteiger partial charge is 0.387 e. The molecule has 0 atom stereocenters. The zero-order chi connectivity index (χ0) is 14.4. The van der Waals surface area contributed by atoms with Gasteiger partial charge in [0.1, 0.15) is 5.82 Å². The van der Waals surface area contributed by atoms with Crippen LogP contribution < -0.4 is 26.6 Å². The van der Waals surface area contributed by atoms with Gasteiger partial charge in [0.2, 0.25) is 0 Å². The zero-order valence-corrected chi connectivity index (χ0v) is 11.7. The first-order valence-corrected chi connectivity index (χ1v) is 5.85. The summed E-state index contributed by atoms with van der Waals surface area (Å²) < 4.78 is 0. The maximum atomic E-state index is 11.3.